The molecule has 306 valence electrons. The molecule has 0 aromatic carbocycles. The Balaban J connectivity index is 4.46. The third kappa shape index (κ3) is 39.2. The number of phosphoric acid groups is 1. The molecule has 9 nitrogen and oxygen atoms in total. The predicted octanol–water partition coefficient (Wildman–Crippen LogP) is 11.3. The Kier molecular flexibility index (Phi) is 33.9. The van der Waals surface area contributed by atoms with E-state index in [1.165, 1.54) is 44.9 Å². The maximum absolute atomic E-state index is 12.6. The van der Waals surface area contributed by atoms with Crippen molar-refractivity contribution in [2.75, 3.05) is 47.5 Å². The van der Waals surface area contributed by atoms with Crippen LogP contribution >= 0.6 is 7.82 Å². The summed E-state index contributed by atoms with van der Waals surface area (Å²) in [5.74, 6) is -0.843. The van der Waals surface area contributed by atoms with Gasteiger partial charge in [-0.2, -0.15) is 0 Å². The summed E-state index contributed by atoms with van der Waals surface area (Å²) in [6, 6.07) is 0. The van der Waals surface area contributed by atoms with Gasteiger partial charge in [0.1, 0.15) is 19.8 Å². The maximum Gasteiger partial charge on any atom is 0.472 e. The van der Waals surface area contributed by atoms with E-state index in [0.29, 0.717) is 17.4 Å². The highest BCUT2D eigenvalue weighted by Gasteiger charge is 2.27. The highest BCUT2D eigenvalue weighted by atomic mass is 31.2. The van der Waals surface area contributed by atoms with Gasteiger partial charge in [-0.05, 0) is 57.8 Å². The number of phosphoric ester groups is 1. The molecule has 0 heterocycles. The minimum absolute atomic E-state index is 0.0230. The Hall–Kier alpha value is -2.29. The number of hydrogen-bond donors (Lipinski definition) is 1. The van der Waals surface area contributed by atoms with Gasteiger partial charge in [0.15, 0.2) is 6.10 Å². The van der Waals surface area contributed by atoms with Gasteiger partial charge in [0.25, 0.3) is 0 Å². The molecular weight excluding hydrogens is 689 g/mol. The summed E-state index contributed by atoms with van der Waals surface area (Å²) in [5, 5.41) is 0. The van der Waals surface area contributed by atoms with Crippen LogP contribution in [0.1, 0.15) is 149 Å². The van der Waals surface area contributed by atoms with Crippen LogP contribution in [-0.2, 0) is 32.7 Å². The molecule has 1 N–H and O–H groups in total. The number of carbonyl (C=O) groups excluding carboxylic acids is 2. The first-order valence-electron chi connectivity index (χ1n) is 20.5. The lowest BCUT2D eigenvalue weighted by atomic mass is 10.1. The second-order valence-corrected chi connectivity index (χ2v) is 16.1. The molecule has 0 aliphatic rings. The van der Waals surface area contributed by atoms with Crippen molar-refractivity contribution in [1.82, 2.24) is 0 Å². The number of nitrogens with zero attached hydrogens (tertiary/aromatic N) is 1. The van der Waals surface area contributed by atoms with Crippen LogP contribution < -0.4 is 0 Å². The minimum atomic E-state index is -4.38. The average molecular weight is 767 g/mol. The topological polar surface area (TPSA) is 108 Å². The normalized spacial score (nSPS) is 14.3. The molecule has 53 heavy (non-hydrogen) atoms. The lowest BCUT2D eigenvalue weighted by Crippen LogP contribution is -2.37. The van der Waals surface area contributed by atoms with E-state index in [0.717, 1.165) is 70.6 Å². The van der Waals surface area contributed by atoms with E-state index in [1.54, 1.807) is 0 Å². The number of carbonyl (C=O) groups is 2. The first-order chi connectivity index (χ1) is 25.5. The molecule has 0 radical (unpaired) electrons. The molecule has 0 saturated carbocycles. The van der Waals surface area contributed by atoms with Gasteiger partial charge >= 0.3 is 19.8 Å². The lowest BCUT2D eigenvalue weighted by molar-refractivity contribution is -0.870. The van der Waals surface area contributed by atoms with E-state index < -0.39 is 26.5 Å². The highest BCUT2D eigenvalue weighted by molar-refractivity contribution is 7.47. The number of esters is 2. The molecule has 10 heteroatoms. The van der Waals surface area contributed by atoms with Gasteiger partial charge in [-0.1, -0.05) is 139 Å². The van der Waals surface area contributed by atoms with E-state index in [4.69, 9.17) is 18.5 Å². The highest BCUT2D eigenvalue weighted by Crippen LogP contribution is 2.43. The van der Waals surface area contributed by atoms with Crippen LogP contribution in [0.5, 0.6) is 0 Å². The van der Waals surface area contributed by atoms with E-state index >= 15 is 0 Å². The van der Waals surface area contributed by atoms with Gasteiger partial charge in [0.2, 0.25) is 0 Å². The van der Waals surface area contributed by atoms with Crippen LogP contribution in [0.15, 0.2) is 60.8 Å². The molecule has 0 rings (SSSR count). The smallest absolute Gasteiger partial charge is 0.462 e. The first kappa shape index (κ1) is 50.7. The fourth-order valence-electron chi connectivity index (χ4n) is 5.10. The van der Waals surface area contributed by atoms with Crippen LogP contribution in [0, 0.1) is 0 Å². The van der Waals surface area contributed by atoms with Gasteiger partial charge in [0.05, 0.1) is 27.7 Å². The van der Waals surface area contributed by atoms with Crippen LogP contribution in [0.3, 0.4) is 0 Å². The Morgan fingerprint density at radius 1 is 0.604 bits per heavy atom. The maximum atomic E-state index is 12.6. The lowest BCUT2D eigenvalue weighted by Gasteiger charge is -2.24. The summed E-state index contributed by atoms with van der Waals surface area (Å²) >= 11 is 0. The van der Waals surface area contributed by atoms with E-state index in [2.05, 4.69) is 74.6 Å². The molecular formula is C43H77NO8P+. The Morgan fingerprint density at radius 2 is 1.08 bits per heavy atom. The van der Waals surface area contributed by atoms with Crippen LogP contribution in [0.4, 0.5) is 0 Å². The van der Waals surface area contributed by atoms with Crippen LogP contribution in [-0.4, -0.2) is 74.9 Å². The number of allylic oxidation sites excluding steroid dienone is 10. The first-order valence-corrected chi connectivity index (χ1v) is 22.0. The number of rotatable bonds is 36. The second-order valence-electron chi connectivity index (χ2n) is 14.6. The molecule has 2 unspecified atom stereocenters. The fourth-order valence-corrected chi connectivity index (χ4v) is 5.84. The van der Waals surface area contributed by atoms with Crippen molar-refractivity contribution in [2.24, 2.45) is 0 Å². The van der Waals surface area contributed by atoms with Crippen molar-refractivity contribution in [3.63, 3.8) is 0 Å². The molecule has 2 atom stereocenters. The standard InChI is InChI=1S/C43H76NO8P/c1-6-8-10-12-14-16-18-19-20-21-22-23-24-25-26-28-30-32-34-36-43(46)52-41(40-51-53(47,48)50-38-37-44(3,4)5)39-49-42(45)35-33-31-29-27-17-15-13-11-9-7-2/h8,10,14,16,19-20,22-23,25-26,41H,6-7,9,11-13,15,17-18,21,24,27-40H2,1-5H3/p+1/b10-8-,16-14-,20-19-,23-22-,26-25-. The van der Waals surface area contributed by atoms with E-state index in [9.17, 15) is 19.0 Å². The minimum Gasteiger partial charge on any atom is -0.462 e. The molecule has 0 aromatic heterocycles. The van der Waals surface area contributed by atoms with Crippen molar-refractivity contribution < 1.29 is 42.1 Å². The molecule has 0 spiro atoms. The van der Waals surface area contributed by atoms with Gasteiger partial charge in [0, 0.05) is 12.8 Å². The van der Waals surface area contributed by atoms with E-state index in [1.807, 2.05) is 21.1 Å². The number of ether oxygens (including phenoxy) is 2. The zero-order chi connectivity index (χ0) is 39.3. The number of likely N-dealkylation sites (N-methyl/N-ethyl adjacent to an activating group) is 1. The molecule has 0 bridgehead atoms. The summed E-state index contributed by atoms with van der Waals surface area (Å²) in [5.41, 5.74) is 0. The SMILES string of the molecule is CC/C=C\C/C=C\C/C=C\C/C=C\C/C=C\CCCCCC(=O)OC(COC(=O)CCCCCCCCCCCC)COP(=O)(O)OCC[N+](C)(C)C. The predicted molar refractivity (Wildman–Crippen MR) is 219 cm³/mol. The Morgan fingerprint density at radius 3 is 1.60 bits per heavy atom. The molecule has 0 saturated heterocycles. The molecule has 0 aliphatic carbocycles. The summed E-state index contributed by atoms with van der Waals surface area (Å²) in [7, 11) is 1.44. The monoisotopic (exact) mass is 767 g/mol. The van der Waals surface area contributed by atoms with Crippen LogP contribution in [0.25, 0.3) is 0 Å². The summed E-state index contributed by atoms with van der Waals surface area (Å²) < 4.78 is 34.2. The van der Waals surface area contributed by atoms with Gasteiger partial charge in [-0.3, -0.25) is 18.6 Å². The number of quaternary nitrogens is 1. The van der Waals surface area contributed by atoms with Crippen molar-refractivity contribution in [1.29, 1.82) is 0 Å². The number of hydrogen-bond acceptors (Lipinski definition) is 7. The van der Waals surface area contributed by atoms with Crippen molar-refractivity contribution in [3.05, 3.63) is 60.8 Å². The zero-order valence-electron chi connectivity index (χ0n) is 34.2. The molecule has 0 fully saturated rings. The summed E-state index contributed by atoms with van der Waals surface area (Å²) in [6.07, 6.45) is 41.3. The fraction of sp³-hybridized carbons (Fsp3) is 0.721. The third-order valence-corrected chi connectivity index (χ3v) is 9.30. The third-order valence-electron chi connectivity index (χ3n) is 8.31. The van der Waals surface area contributed by atoms with Crippen molar-refractivity contribution in [2.45, 2.75) is 155 Å². The van der Waals surface area contributed by atoms with E-state index in [-0.39, 0.29) is 32.0 Å². The number of unbranched alkanes of at least 4 members (excludes halogenated alkanes) is 12. The molecule has 0 aliphatic heterocycles. The van der Waals surface area contributed by atoms with Gasteiger partial charge in [-0.25, -0.2) is 4.57 Å². The Bertz CT molecular complexity index is 1090. The largest absolute Gasteiger partial charge is 0.472 e. The Labute approximate surface area is 324 Å². The van der Waals surface area contributed by atoms with Gasteiger partial charge < -0.3 is 18.9 Å². The zero-order valence-corrected chi connectivity index (χ0v) is 35.1. The summed E-state index contributed by atoms with van der Waals surface area (Å²) in [6.45, 7) is 4.23. The van der Waals surface area contributed by atoms with Crippen molar-refractivity contribution in [3.8, 4) is 0 Å². The quantitative estimate of drug-likeness (QED) is 0.0221. The molecule has 0 amide bonds. The van der Waals surface area contributed by atoms with Crippen LogP contribution in [0.2, 0.25) is 0 Å². The molecule has 0 aromatic rings. The second kappa shape index (κ2) is 35.4. The van der Waals surface area contributed by atoms with Crippen molar-refractivity contribution >= 4 is 19.8 Å². The van der Waals surface area contributed by atoms with Gasteiger partial charge in [-0.15, -0.1) is 0 Å². The average Bonchev–Trinajstić information content (AvgIpc) is 3.10. The summed E-state index contributed by atoms with van der Waals surface area (Å²) in [4.78, 5) is 35.2.